The van der Waals surface area contributed by atoms with E-state index in [2.05, 4.69) is 17.0 Å². The number of benzene rings is 3. The molecule has 0 heterocycles. The predicted molar refractivity (Wildman–Crippen MR) is 129 cm³/mol. The zero-order chi connectivity index (χ0) is 24.0. The van der Waals surface area contributed by atoms with Crippen molar-refractivity contribution >= 4 is 44.9 Å². The fourth-order valence-corrected chi connectivity index (χ4v) is 4.36. The van der Waals surface area contributed by atoms with Crippen LogP contribution in [0.2, 0.25) is 5.02 Å². The van der Waals surface area contributed by atoms with Gasteiger partial charge in [0.25, 0.3) is 15.9 Å². The number of anilines is 2. The van der Waals surface area contributed by atoms with Gasteiger partial charge in [0, 0.05) is 10.7 Å². The number of carbonyl (C=O) groups excluding carboxylic acids is 1. The highest BCUT2D eigenvalue weighted by molar-refractivity contribution is 7.92. The molecule has 0 saturated carbocycles. The van der Waals surface area contributed by atoms with E-state index in [9.17, 15) is 18.0 Å². The minimum absolute atomic E-state index is 0.0213. The molecule has 0 aromatic heterocycles. The van der Waals surface area contributed by atoms with E-state index in [1.54, 1.807) is 12.1 Å². The zero-order valence-electron chi connectivity index (χ0n) is 17.8. The van der Waals surface area contributed by atoms with Gasteiger partial charge in [-0.05, 0) is 73.0 Å². The van der Waals surface area contributed by atoms with Crippen LogP contribution in [0.1, 0.15) is 46.0 Å². The second kappa shape index (κ2) is 10.5. The first-order chi connectivity index (χ1) is 15.7. The molecule has 0 bridgehead atoms. The minimum atomic E-state index is -3.95. The monoisotopic (exact) mass is 486 g/mol. The molecule has 3 N–H and O–H groups in total. The third kappa shape index (κ3) is 6.34. The molecule has 0 radical (unpaired) electrons. The molecule has 1 amide bonds. The van der Waals surface area contributed by atoms with Gasteiger partial charge in [-0.1, -0.05) is 37.1 Å². The van der Waals surface area contributed by atoms with E-state index in [1.165, 1.54) is 54.6 Å². The number of halogens is 1. The van der Waals surface area contributed by atoms with Crippen LogP contribution in [0.25, 0.3) is 0 Å². The Labute approximate surface area is 197 Å². The third-order valence-electron chi connectivity index (χ3n) is 4.91. The number of hydrogen-bond donors (Lipinski definition) is 3. The van der Waals surface area contributed by atoms with E-state index in [1.807, 2.05) is 0 Å². The number of aryl methyl sites for hydroxylation is 1. The molecule has 0 aliphatic carbocycles. The maximum absolute atomic E-state index is 12.9. The molecule has 3 aromatic carbocycles. The molecule has 7 nitrogen and oxygen atoms in total. The highest BCUT2D eigenvalue weighted by Gasteiger charge is 2.20. The average molecular weight is 487 g/mol. The van der Waals surface area contributed by atoms with Crippen LogP contribution in [0, 0.1) is 0 Å². The fourth-order valence-electron chi connectivity index (χ4n) is 3.11. The summed E-state index contributed by atoms with van der Waals surface area (Å²) in [6, 6.07) is 16.5. The normalized spacial score (nSPS) is 11.1. The van der Waals surface area contributed by atoms with E-state index < -0.39 is 21.9 Å². The van der Waals surface area contributed by atoms with Gasteiger partial charge in [0.05, 0.1) is 21.7 Å². The summed E-state index contributed by atoms with van der Waals surface area (Å²) in [5.41, 5.74) is 1.56. The lowest BCUT2D eigenvalue weighted by Crippen LogP contribution is -2.18. The first kappa shape index (κ1) is 24.3. The summed E-state index contributed by atoms with van der Waals surface area (Å²) >= 11 is 6.04. The number of aromatic carboxylic acids is 1. The highest BCUT2D eigenvalue weighted by atomic mass is 35.5. The number of rotatable bonds is 9. The summed E-state index contributed by atoms with van der Waals surface area (Å²) in [6.07, 6.45) is 2.94. The third-order valence-corrected chi connectivity index (χ3v) is 6.53. The second-order valence-electron chi connectivity index (χ2n) is 7.38. The van der Waals surface area contributed by atoms with Gasteiger partial charge in [-0.3, -0.25) is 9.52 Å². The van der Waals surface area contributed by atoms with Gasteiger partial charge < -0.3 is 10.4 Å². The molecule has 0 unspecified atom stereocenters. The van der Waals surface area contributed by atoms with Gasteiger partial charge >= 0.3 is 5.97 Å². The van der Waals surface area contributed by atoms with Gasteiger partial charge in [-0.25, -0.2) is 13.2 Å². The summed E-state index contributed by atoms with van der Waals surface area (Å²) < 4.78 is 28.3. The number of unbranched alkanes of at least 4 members (excludes halogenated alkanes) is 1. The Hall–Kier alpha value is -3.36. The Balaban J connectivity index is 1.82. The molecule has 3 aromatic rings. The molecular weight excluding hydrogens is 464 g/mol. The zero-order valence-corrected chi connectivity index (χ0v) is 19.4. The lowest BCUT2D eigenvalue weighted by atomic mass is 10.1. The van der Waals surface area contributed by atoms with Crippen LogP contribution < -0.4 is 10.0 Å². The molecule has 3 rings (SSSR count). The van der Waals surface area contributed by atoms with Crippen LogP contribution >= 0.6 is 11.6 Å². The second-order valence-corrected chi connectivity index (χ2v) is 9.50. The largest absolute Gasteiger partial charge is 0.478 e. The Morgan fingerprint density at radius 3 is 2.24 bits per heavy atom. The van der Waals surface area contributed by atoms with Gasteiger partial charge in [0.15, 0.2) is 0 Å². The molecular formula is C24H23ClN2O5S. The van der Waals surface area contributed by atoms with Crippen molar-refractivity contribution in [1.29, 1.82) is 0 Å². The molecule has 0 saturated heterocycles. The van der Waals surface area contributed by atoms with Gasteiger partial charge in [-0.15, -0.1) is 0 Å². The SMILES string of the molecule is CCCCc1ccc(S(=O)(=O)Nc2ccc(Cl)cc2C(=O)Nc2ccc(C(=O)O)cc2)cc1. The molecule has 0 spiro atoms. The summed E-state index contributed by atoms with van der Waals surface area (Å²) in [7, 11) is -3.95. The Morgan fingerprint density at radius 2 is 1.64 bits per heavy atom. The number of hydrogen-bond acceptors (Lipinski definition) is 4. The van der Waals surface area contributed by atoms with Crippen molar-refractivity contribution in [3.05, 3.63) is 88.4 Å². The molecule has 9 heteroatoms. The highest BCUT2D eigenvalue weighted by Crippen LogP contribution is 2.25. The average Bonchev–Trinajstić information content (AvgIpc) is 2.79. The number of nitrogens with one attached hydrogen (secondary N) is 2. The number of carboxylic acid groups (broad SMARTS) is 1. The summed E-state index contributed by atoms with van der Waals surface area (Å²) in [5, 5.41) is 11.9. The summed E-state index contributed by atoms with van der Waals surface area (Å²) in [6.45, 7) is 2.09. The first-order valence-electron chi connectivity index (χ1n) is 10.3. The van der Waals surface area contributed by atoms with Gasteiger partial charge in [0.1, 0.15) is 0 Å². The predicted octanol–water partition coefficient (Wildman–Crippen LogP) is 5.43. The Bertz CT molecular complexity index is 1260. The molecule has 172 valence electrons. The van der Waals surface area contributed by atoms with Gasteiger partial charge in [0.2, 0.25) is 0 Å². The smallest absolute Gasteiger partial charge is 0.335 e. The van der Waals surface area contributed by atoms with Crippen LogP contribution in [0.3, 0.4) is 0 Å². The number of amides is 1. The first-order valence-corrected chi connectivity index (χ1v) is 12.1. The van der Waals surface area contributed by atoms with Crippen molar-refractivity contribution in [3.63, 3.8) is 0 Å². The number of sulfonamides is 1. The Morgan fingerprint density at radius 1 is 0.970 bits per heavy atom. The molecule has 33 heavy (non-hydrogen) atoms. The van der Waals surface area contributed by atoms with Crippen molar-refractivity contribution in [2.75, 3.05) is 10.0 Å². The molecule has 0 aliphatic heterocycles. The van der Waals surface area contributed by atoms with E-state index in [-0.39, 0.29) is 26.7 Å². The maximum atomic E-state index is 12.9. The van der Waals surface area contributed by atoms with E-state index >= 15 is 0 Å². The molecule has 0 aliphatic rings. The maximum Gasteiger partial charge on any atom is 0.335 e. The topological polar surface area (TPSA) is 113 Å². The standard InChI is InChI=1S/C24H23ClN2O5S/c1-2-3-4-16-5-12-20(13-6-16)33(31,32)27-22-14-9-18(25)15-21(22)23(28)26-19-10-7-17(8-11-19)24(29)30/h5-15,27H,2-4H2,1H3,(H,26,28)(H,29,30). The quantitative estimate of drug-likeness (QED) is 0.373. The van der Waals surface area contributed by atoms with E-state index in [4.69, 9.17) is 16.7 Å². The van der Waals surface area contributed by atoms with Gasteiger partial charge in [-0.2, -0.15) is 0 Å². The summed E-state index contributed by atoms with van der Waals surface area (Å²) in [5.74, 6) is -1.69. The van der Waals surface area contributed by atoms with Crippen LogP contribution in [-0.4, -0.2) is 25.4 Å². The lowest BCUT2D eigenvalue weighted by molar-refractivity contribution is 0.0696. The number of carbonyl (C=O) groups is 2. The van der Waals surface area contributed by atoms with Crippen LogP contribution in [0.4, 0.5) is 11.4 Å². The number of carboxylic acids is 1. The minimum Gasteiger partial charge on any atom is -0.478 e. The van der Waals surface area contributed by atoms with Crippen molar-refractivity contribution in [2.24, 2.45) is 0 Å². The fraction of sp³-hybridized carbons (Fsp3) is 0.167. The van der Waals surface area contributed by atoms with E-state index in [0.29, 0.717) is 5.69 Å². The molecule has 0 fully saturated rings. The van der Waals surface area contributed by atoms with Crippen LogP contribution in [0.15, 0.2) is 71.6 Å². The lowest BCUT2D eigenvalue weighted by Gasteiger charge is -2.14. The van der Waals surface area contributed by atoms with Crippen molar-refractivity contribution < 1.29 is 23.1 Å². The van der Waals surface area contributed by atoms with Crippen molar-refractivity contribution in [1.82, 2.24) is 0 Å². The van der Waals surface area contributed by atoms with Crippen molar-refractivity contribution in [2.45, 2.75) is 31.1 Å². The Kier molecular flexibility index (Phi) is 7.73. The van der Waals surface area contributed by atoms with E-state index in [0.717, 1.165) is 24.8 Å². The summed E-state index contributed by atoms with van der Waals surface area (Å²) in [4.78, 5) is 23.9. The molecule has 0 atom stereocenters. The van der Waals surface area contributed by atoms with Crippen molar-refractivity contribution in [3.8, 4) is 0 Å². The van der Waals surface area contributed by atoms with Crippen LogP contribution in [0.5, 0.6) is 0 Å². The van der Waals surface area contributed by atoms with Crippen LogP contribution in [-0.2, 0) is 16.4 Å².